The van der Waals surface area contributed by atoms with Crippen LogP contribution in [0.4, 0.5) is 0 Å². The van der Waals surface area contributed by atoms with Crippen LogP contribution in [0, 0.1) is 0 Å². The minimum atomic E-state index is 1.05. The summed E-state index contributed by atoms with van der Waals surface area (Å²) in [6, 6.07) is 10.3. The van der Waals surface area contributed by atoms with Gasteiger partial charge in [0.25, 0.3) is 0 Å². The molecule has 3 heteroatoms. The highest BCUT2D eigenvalue weighted by Gasteiger charge is 2.13. The Labute approximate surface area is 95.1 Å². The SMILES string of the molecule is c1ccc(-n2ncc3c2CCNCC3)cc1. The van der Waals surface area contributed by atoms with E-state index in [2.05, 4.69) is 39.4 Å². The summed E-state index contributed by atoms with van der Waals surface area (Å²) in [6.07, 6.45) is 4.15. The van der Waals surface area contributed by atoms with Crippen LogP contribution in [0.5, 0.6) is 0 Å². The summed E-state index contributed by atoms with van der Waals surface area (Å²) in [6.45, 7) is 2.11. The zero-order valence-electron chi connectivity index (χ0n) is 9.19. The van der Waals surface area contributed by atoms with Gasteiger partial charge in [-0.25, -0.2) is 4.68 Å². The van der Waals surface area contributed by atoms with Gasteiger partial charge in [-0.2, -0.15) is 5.10 Å². The number of benzene rings is 1. The Morgan fingerprint density at radius 2 is 1.88 bits per heavy atom. The standard InChI is InChI=1S/C13H15N3/c1-2-4-12(5-3-1)16-13-7-9-14-8-6-11(13)10-15-16/h1-5,10,14H,6-9H2. The Bertz CT molecular complexity index is 473. The van der Waals surface area contributed by atoms with E-state index >= 15 is 0 Å². The molecule has 1 aliphatic rings. The molecule has 0 radical (unpaired) electrons. The van der Waals surface area contributed by atoms with Crippen molar-refractivity contribution >= 4 is 0 Å². The number of hydrogen-bond donors (Lipinski definition) is 1. The summed E-state index contributed by atoms with van der Waals surface area (Å²) in [7, 11) is 0. The largest absolute Gasteiger partial charge is 0.316 e. The number of nitrogens with zero attached hydrogens (tertiary/aromatic N) is 2. The van der Waals surface area contributed by atoms with Crippen LogP contribution in [0.1, 0.15) is 11.3 Å². The first-order chi connectivity index (χ1) is 7.95. The third-order valence-corrected chi connectivity index (χ3v) is 3.07. The van der Waals surface area contributed by atoms with Crippen LogP contribution >= 0.6 is 0 Å². The van der Waals surface area contributed by atoms with E-state index < -0.39 is 0 Å². The van der Waals surface area contributed by atoms with Gasteiger partial charge in [-0.1, -0.05) is 18.2 Å². The van der Waals surface area contributed by atoms with Gasteiger partial charge in [0.2, 0.25) is 0 Å². The lowest BCUT2D eigenvalue weighted by Gasteiger charge is -2.06. The van der Waals surface area contributed by atoms with Crippen molar-refractivity contribution in [2.24, 2.45) is 0 Å². The predicted molar refractivity (Wildman–Crippen MR) is 63.8 cm³/mol. The molecule has 1 N–H and O–H groups in total. The molecule has 3 nitrogen and oxygen atoms in total. The molecule has 16 heavy (non-hydrogen) atoms. The quantitative estimate of drug-likeness (QED) is 0.779. The summed E-state index contributed by atoms with van der Waals surface area (Å²) >= 11 is 0. The van der Waals surface area contributed by atoms with Crippen LogP contribution < -0.4 is 5.32 Å². The van der Waals surface area contributed by atoms with Crippen LogP contribution in [0.3, 0.4) is 0 Å². The fourth-order valence-corrected chi connectivity index (χ4v) is 2.23. The molecule has 0 aliphatic carbocycles. The van der Waals surface area contributed by atoms with Gasteiger partial charge < -0.3 is 5.32 Å². The van der Waals surface area contributed by atoms with Gasteiger partial charge in [-0.15, -0.1) is 0 Å². The van der Waals surface area contributed by atoms with Gasteiger partial charge >= 0.3 is 0 Å². The fourth-order valence-electron chi connectivity index (χ4n) is 2.23. The molecule has 2 heterocycles. The molecule has 0 fully saturated rings. The molecule has 82 valence electrons. The first kappa shape index (κ1) is 9.60. The van der Waals surface area contributed by atoms with E-state index in [4.69, 9.17) is 0 Å². The Balaban J connectivity index is 2.06. The zero-order chi connectivity index (χ0) is 10.8. The van der Waals surface area contributed by atoms with Crippen molar-refractivity contribution in [3.05, 3.63) is 47.8 Å². The summed E-state index contributed by atoms with van der Waals surface area (Å²) in [5.41, 5.74) is 3.90. The minimum Gasteiger partial charge on any atom is -0.316 e. The molecule has 0 spiro atoms. The van der Waals surface area contributed by atoms with Crippen LogP contribution in [0.25, 0.3) is 5.69 Å². The Morgan fingerprint density at radius 3 is 2.75 bits per heavy atom. The van der Waals surface area contributed by atoms with Crippen molar-refractivity contribution in [1.82, 2.24) is 15.1 Å². The van der Waals surface area contributed by atoms with Gasteiger partial charge in [0.1, 0.15) is 0 Å². The van der Waals surface area contributed by atoms with Crippen molar-refractivity contribution in [3.63, 3.8) is 0 Å². The topological polar surface area (TPSA) is 29.9 Å². The van der Waals surface area contributed by atoms with Crippen molar-refractivity contribution in [3.8, 4) is 5.69 Å². The van der Waals surface area contributed by atoms with Crippen molar-refractivity contribution in [1.29, 1.82) is 0 Å². The van der Waals surface area contributed by atoms with Crippen molar-refractivity contribution < 1.29 is 0 Å². The number of hydrogen-bond acceptors (Lipinski definition) is 2. The van der Waals surface area contributed by atoms with Crippen molar-refractivity contribution in [2.75, 3.05) is 13.1 Å². The normalized spacial score (nSPS) is 15.5. The summed E-state index contributed by atoms with van der Waals surface area (Å²) in [5.74, 6) is 0. The maximum absolute atomic E-state index is 4.50. The third kappa shape index (κ3) is 1.63. The highest BCUT2D eigenvalue weighted by atomic mass is 15.3. The van der Waals surface area contributed by atoms with Crippen LogP contribution in [-0.4, -0.2) is 22.9 Å². The Morgan fingerprint density at radius 1 is 1.06 bits per heavy atom. The van der Waals surface area contributed by atoms with E-state index in [9.17, 15) is 0 Å². The lowest BCUT2D eigenvalue weighted by molar-refractivity contribution is 0.691. The lowest BCUT2D eigenvalue weighted by Crippen LogP contribution is -2.17. The molecule has 1 aromatic heterocycles. The molecule has 2 aromatic rings. The second-order valence-corrected chi connectivity index (χ2v) is 4.11. The Hall–Kier alpha value is -1.61. The molecule has 0 saturated carbocycles. The number of rotatable bonds is 1. The molecule has 0 amide bonds. The average molecular weight is 213 g/mol. The Kier molecular flexibility index (Phi) is 2.46. The minimum absolute atomic E-state index is 1.05. The van der Waals surface area contributed by atoms with Gasteiger partial charge in [0.05, 0.1) is 11.9 Å². The van der Waals surface area contributed by atoms with Gasteiger partial charge in [-0.05, 0) is 30.7 Å². The molecular weight excluding hydrogens is 198 g/mol. The second kappa shape index (κ2) is 4.10. The fraction of sp³-hybridized carbons (Fsp3) is 0.308. The lowest BCUT2D eigenvalue weighted by atomic mass is 10.1. The van der Waals surface area contributed by atoms with E-state index in [0.29, 0.717) is 0 Å². The molecule has 3 rings (SSSR count). The zero-order valence-corrected chi connectivity index (χ0v) is 9.19. The van der Waals surface area contributed by atoms with Crippen LogP contribution in [0.2, 0.25) is 0 Å². The van der Waals surface area contributed by atoms with E-state index in [0.717, 1.165) is 31.6 Å². The molecule has 0 bridgehead atoms. The highest BCUT2D eigenvalue weighted by Crippen LogP contribution is 2.17. The molecular formula is C13H15N3. The smallest absolute Gasteiger partial charge is 0.0648 e. The number of aromatic nitrogens is 2. The predicted octanol–water partition coefficient (Wildman–Crippen LogP) is 1.56. The molecule has 0 atom stereocenters. The van der Waals surface area contributed by atoms with Crippen LogP contribution in [0.15, 0.2) is 36.5 Å². The maximum Gasteiger partial charge on any atom is 0.0648 e. The van der Waals surface area contributed by atoms with Crippen LogP contribution in [-0.2, 0) is 12.8 Å². The summed E-state index contributed by atoms with van der Waals surface area (Å²) < 4.78 is 2.07. The molecule has 1 aromatic carbocycles. The third-order valence-electron chi connectivity index (χ3n) is 3.07. The first-order valence-corrected chi connectivity index (χ1v) is 5.77. The highest BCUT2D eigenvalue weighted by molar-refractivity contribution is 5.35. The number of para-hydroxylation sites is 1. The van der Waals surface area contributed by atoms with E-state index in [1.165, 1.54) is 11.3 Å². The second-order valence-electron chi connectivity index (χ2n) is 4.11. The van der Waals surface area contributed by atoms with Gasteiger partial charge in [-0.3, -0.25) is 0 Å². The molecule has 1 aliphatic heterocycles. The first-order valence-electron chi connectivity index (χ1n) is 5.77. The number of nitrogens with one attached hydrogen (secondary N) is 1. The summed E-state index contributed by atoms with van der Waals surface area (Å²) in [4.78, 5) is 0. The molecule has 0 unspecified atom stereocenters. The average Bonchev–Trinajstić information content (AvgIpc) is 2.60. The molecule has 0 saturated heterocycles. The number of fused-ring (bicyclic) bond motifs is 1. The van der Waals surface area contributed by atoms with Gasteiger partial charge in [0.15, 0.2) is 0 Å². The van der Waals surface area contributed by atoms with E-state index in [1.54, 1.807) is 0 Å². The van der Waals surface area contributed by atoms with Crippen molar-refractivity contribution in [2.45, 2.75) is 12.8 Å². The van der Waals surface area contributed by atoms with E-state index in [-0.39, 0.29) is 0 Å². The van der Waals surface area contributed by atoms with E-state index in [1.807, 2.05) is 12.3 Å². The monoisotopic (exact) mass is 213 g/mol. The maximum atomic E-state index is 4.50. The summed E-state index contributed by atoms with van der Waals surface area (Å²) in [5, 5.41) is 7.92. The van der Waals surface area contributed by atoms with Gasteiger partial charge in [0, 0.05) is 18.7 Å².